The predicted octanol–water partition coefficient (Wildman–Crippen LogP) is 2.59. The third kappa shape index (κ3) is 5.23. The van der Waals surface area contributed by atoms with Gasteiger partial charge in [0, 0.05) is 51.1 Å². The molecule has 1 aromatic heterocycles. The van der Waals surface area contributed by atoms with Crippen molar-refractivity contribution in [1.29, 1.82) is 0 Å². The van der Waals surface area contributed by atoms with Gasteiger partial charge in [0.05, 0.1) is 0 Å². The summed E-state index contributed by atoms with van der Waals surface area (Å²) in [4.78, 5) is 21.9. The van der Waals surface area contributed by atoms with Crippen LogP contribution in [0.4, 0.5) is 0 Å². The van der Waals surface area contributed by atoms with Crippen molar-refractivity contribution in [3.05, 3.63) is 22.4 Å². The van der Waals surface area contributed by atoms with E-state index in [-0.39, 0.29) is 0 Å². The largest absolute Gasteiger partial charge is 0.356 e. The minimum absolute atomic E-state index is 0.319. The number of hydrogen-bond donors (Lipinski definition) is 1. The molecule has 1 atom stereocenters. The van der Waals surface area contributed by atoms with Gasteiger partial charge < -0.3 is 15.1 Å². The second-order valence-electron chi connectivity index (χ2n) is 6.27. The van der Waals surface area contributed by atoms with Gasteiger partial charge in [0.2, 0.25) is 5.91 Å². The number of nitrogens with one attached hydrogen (secondary N) is 1. The average molecular weight is 351 g/mol. The molecule has 134 valence electrons. The Kier molecular flexibility index (Phi) is 7.56. The molecular formula is C18H30N4OS. The number of likely N-dealkylation sites (N-methyl/N-ethyl adjacent to an activating group) is 1. The van der Waals surface area contributed by atoms with Crippen LogP contribution in [-0.4, -0.2) is 61.4 Å². The Morgan fingerprint density at radius 2 is 2.38 bits per heavy atom. The standard InChI is InChI=1S/C18H30N4OS/c1-4-15(22-12-5-8-17(22)23)9-11-20-18(19-2)21(3)13-10-16-7-6-14-24-16/h6-7,14-15H,4-5,8-13H2,1-3H3,(H,19,20). The van der Waals surface area contributed by atoms with Crippen LogP contribution in [-0.2, 0) is 11.2 Å². The summed E-state index contributed by atoms with van der Waals surface area (Å²) in [5.41, 5.74) is 0. The molecule has 1 aliphatic rings. The van der Waals surface area contributed by atoms with E-state index in [2.05, 4.69) is 51.6 Å². The highest BCUT2D eigenvalue weighted by molar-refractivity contribution is 7.09. The molecule has 1 amide bonds. The molecule has 1 aromatic rings. The number of thiophene rings is 1. The summed E-state index contributed by atoms with van der Waals surface area (Å²) in [6.45, 7) is 4.88. The van der Waals surface area contributed by atoms with Crippen molar-refractivity contribution in [2.45, 2.75) is 45.1 Å². The fourth-order valence-corrected chi connectivity index (χ4v) is 3.91. The van der Waals surface area contributed by atoms with Gasteiger partial charge in [-0.3, -0.25) is 9.79 Å². The fraction of sp³-hybridized carbons (Fsp3) is 0.667. The molecule has 1 aliphatic heterocycles. The maximum atomic E-state index is 11.9. The van der Waals surface area contributed by atoms with E-state index < -0.39 is 0 Å². The first kappa shape index (κ1) is 18.8. The van der Waals surface area contributed by atoms with Crippen LogP contribution in [0.5, 0.6) is 0 Å². The van der Waals surface area contributed by atoms with Gasteiger partial charge in [0.1, 0.15) is 0 Å². The van der Waals surface area contributed by atoms with Crippen molar-refractivity contribution >= 4 is 23.2 Å². The highest BCUT2D eigenvalue weighted by atomic mass is 32.1. The maximum Gasteiger partial charge on any atom is 0.222 e. The Labute approximate surface area is 149 Å². The SMILES string of the molecule is CCC(CCNC(=NC)N(C)CCc1cccs1)N1CCCC1=O. The molecule has 0 spiro atoms. The molecule has 2 heterocycles. The van der Waals surface area contributed by atoms with Crippen LogP contribution in [0.15, 0.2) is 22.5 Å². The summed E-state index contributed by atoms with van der Waals surface area (Å²) in [7, 11) is 3.90. The molecule has 1 unspecified atom stereocenters. The van der Waals surface area contributed by atoms with E-state index in [0.29, 0.717) is 11.9 Å². The van der Waals surface area contributed by atoms with Gasteiger partial charge in [0.15, 0.2) is 5.96 Å². The summed E-state index contributed by atoms with van der Waals surface area (Å²) in [5, 5.41) is 5.56. The number of nitrogens with zero attached hydrogens (tertiary/aromatic N) is 3. The van der Waals surface area contributed by atoms with Crippen LogP contribution < -0.4 is 5.32 Å². The van der Waals surface area contributed by atoms with Gasteiger partial charge >= 0.3 is 0 Å². The zero-order chi connectivity index (χ0) is 17.4. The summed E-state index contributed by atoms with van der Waals surface area (Å²) in [5.74, 6) is 1.24. The van der Waals surface area contributed by atoms with E-state index in [1.165, 1.54) is 4.88 Å². The van der Waals surface area contributed by atoms with Gasteiger partial charge in [-0.05, 0) is 37.1 Å². The maximum absolute atomic E-state index is 11.9. The summed E-state index contributed by atoms with van der Waals surface area (Å²) >= 11 is 1.80. The normalized spacial score (nSPS) is 16.5. The van der Waals surface area contributed by atoms with Crippen molar-refractivity contribution in [3.63, 3.8) is 0 Å². The second-order valence-corrected chi connectivity index (χ2v) is 7.30. The van der Waals surface area contributed by atoms with Gasteiger partial charge in [0.25, 0.3) is 0 Å². The predicted molar refractivity (Wildman–Crippen MR) is 102 cm³/mol. The molecule has 0 aromatic carbocycles. The Balaban J connectivity index is 1.74. The minimum Gasteiger partial charge on any atom is -0.356 e. The Bertz CT molecular complexity index is 529. The summed E-state index contributed by atoms with van der Waals surface area (Å²) < 4.78 is 0. The second kappa shape index (κ2) is 9.67. The van der Waals surface area contributed by atoms with Crippen molar-refractivity contribution in [1.82, 2.24) is 15.1 Å². The zero-order valence-corrected chi connectivity index (χ0v) is 15.9. The number of carbonyl (C=O) groups is 1. The van der Waals surface area contributed by atoms with Gasteiger partial charge in [-0.2, -0.15) is 0 Å². The Morgan fingerprint density at radius 1 is 1.54 bits per heavy atom. The lowest BCUT2D eigenvalue weighted by Gasteiger charge is -2.28. The topological polar surface area (TPSA) is 47.9 Å². The number of carbonyl (C=O) groups excluding carboxylic acids is 1. The molecule has 24 heavy (non-hydrogen) atoms. The number of aliphatic imine (C=N–C) groups is 1. The van der Waals surface area contributed by atoms with Gasteiger partial charge in [-0.25, -0.2) is 0 Å². The zero-order valence-electron chi connectivity index (χ0n) is 15.1. The third-order valence-electron chi connectivity index (χ3n) is 4.63. The fourth-order valence-electron chi connectivity index (χ4n) is 3.21. The lowest BCUT2D eigenvalue weighted by molar-refractivity contribution is -0.129. The van der Waals surface area contributed by atoms with E-state index in [9.17, 15) is 4.79 Å². The Morgan fingerprint density at radius 3 is 2.96 bits per heavy atom. The summed E-state index contributed by atoms with van der Waals surface area (Å²) in [6.07, 6.45) is 4.75. The van der Waals surface area contributed by atoms with Crippen LogP contribution >= 0.6 is 11.3 Å². The van der Waals surface area contributed by atoms with Crippen LogP contribution in [0.3, 0.4) is 0 Å². The van der Waals surface area contributed by atoms with Crippen LogP contribution in [0, 0.1) is 0 Å². The number of hydrogen-bond acceptors (Lipinski definition) is 3. The highest BCUT2D eigenvalue weighted by Crippen LogP contribution is 2.17. The first-order valence-electron chi connectivity index (χ1n) is 8.89. The summed E-state index contributed by atoms with van der Waals surface area (Å²) in [6, 6.07) is 4.62. The number of amides is 1. The van der Waals surface area contributed by atoms with Crippen LogP contribution in [0.2, 0.25) is 0 Å². The number of likely N-dealkylation sites (tertiary alicyclic amines) is 1. The molecule has 5 nitrogen and oxygen atoms in total. The molecule has 1 saturated heterocycles. The quantitative estimate of drug-likeness (QED) is 0.579. The van der Waals surface area contributed by atoms with E-state index in [1.807, 2.05) is 7.05 Å². The number of rotatable bonds is 8. The molecule has 0 radical (unpaired) electrons. The van der Waals surface area contributed by atoms with Crippen molar-refractivity contribution in [2.75, 3.05) is 33.7 Å². The Hall–Kier alpha value is -1.56. The molecular weight excluding hydrogens is 320 g/mol. The third-order valence-corrected chi connectivity index (χ3v) is 5.57. The van der Waals surface area contributed by atoms with E-state index in [4.69, 9.17) is 0 Å². The molecule has 0 aliphatic carbocycles. The molecule has 0 saturated carbocycles. The van der Waals surface area contributed by atoms with Gasteiger partial charge in [-0.1, -0.05) is 13.0 Å². The van der Waals surface area contributed by atoms with Crippen LogP contribution in [0.1, 0.15) is 37.5 Å². The first-order valence-corrected chi connectivity index (χ1v) is 9.77. The van der Waals surface area contributed by atoms with Crippen molar-refractivity contribution in [3.8, 4) is 0 Å². The van der Waals surface area contributed by atoms with E-state index >= 15 is 0 Å². The van der Waals surface area contributed by atoms with Crippen molar-refractivity contribution in [2.24, 2.45) is 4.99 Å². The first-order chi connectivity index (χ1) is 11.7. The lowest BCUT2D eigenvalue weighted by Crippen LogP contribution is -2.43. The minimum atomic E-state index is 0.319. The molecule has 0 bridgehead atoms. The van der Waals surface area contributed by atoms with Crippen molar-refractivity contribution < 1.29 is 4.79 Å². The lowest BCUT2D eigenvalue weighted by atomic mass is 10.1. The van der Waals surface area contributed by atoms with E-state index in [0.717, 1.165) is 57.7 Å². The van der Waals surface area contributed by atoms with Crippen LogP contribution in [0.25, 0.3) is 0 Å². The average Bonchev–Trinajstić information content (AvgIpc) is 3.25. The van der Waals surface area contributed by atoms with E-state index in [1.54, 1.807) is 11.3 Å². The molecule has 6 heteroatoms. The smallest absolute Gasteiger partial charge is 0.222 e. The number of guanidine groups is 1. The highest BCUT2D eigenvalue weighted by Gasteiger charge is 2.26. The molecule has 1 N–H and O–H groups in total. The monoisotopic (exact) mass is 350 g/mol. The molecule has 2 rings (SSSR count). The van der Waals surface area contributed by atoms with Gasteiger partial charge in [-0.15, -0.1) is 11.3 Å². The molecule has 1 fully saturated rings.